The van der Waals surface area contributed by atoms with E-state index in [0.29, 0.717) is 0 Å². The van der Waals surface area contributed by atoms with E-state index in [-0.39, 0.29) is 0 Å². The van der Waals surface area contributed by atoms with Crippen molar-refractivity contribution in [1.82, 2.24) is 10.3 Å². The zero-order valence-electron chi connectivity index (χ0n) is 10.1. The van der Waals surface area contributed by atoms with Gasteiger partial charge in [0.15, 0.2) is 0 Å². The van der Waals surface area contributed by atoms with Gasteiger partial charge in [-0.15, -0.1) is 11.3 Å². The first-order valence-corrected chi connectivity index (χ1v) is 6.88. The normalized spacial score (nSPS) is 10.6. The fourth-order valence-electron chi connectivity index (χ4n) is 1.74. The van der Waals surface area contributed by atoms with Crippen LogP contribution in [0.25, 0.3) is 0 Å². The van der Waals surface area contributed by atoms with E-state index in [0.717, 1.165) is 25.2 Å². The van der Waals surface area contributed by atoms with Crippen LogP contribution in [0.2, 0.25) is 0 Å². The van der Waals surface area contributed by atoms with E-state index >= 15 is 0 Å². The maximum Gasteiger partial charge on any atom is 0.107 e. The first-order valence-electron chi connectivity index (χ1n) is 6.00. The molecule has 0 amide bonds. The molecule has 2 aromatic rings. The van der Waals surface area contributed by atoms with Crippen LogP contribution >= 0.6 is 11.3 Å². The van der Waals surface area contributed by atoms with Crippen LogP contribution in [-0.4, -0.2) is 11.5 Å². The molecule has 0 atom stereocenters. The molecule has 2 nitrogen and oxygen atoms in total. The molecule has 0 aliphatic carbocycles. The molecule has 2 rings (SSSR count). The van der Waals surface area contributed by atoms with Crippen molar-refractivity contribution in [1.29, 1.82) is 0 Å². The molecule has 0 saturated heterocycles. The van der Waals surface area contributed by atoms with Crippen LogP contribution in [0.3, 0.4) is 0 Å². The second-order valence-electron chi connectivity index (χ2n) is 4.15. The summed E-state index contributed by atoms with van der Waals surface area (Å²) < 4.78 is 0. The highest BCUT2D eigenvalue weighted by atomic mass is 32.1. The number of aryl methyl sites for hydroxylation is 2. The van der Waals surface area contributed by atoms with Crippen LogP contribution in [0.1, 0.15) is 22.7 Å². The fourth-order valence-corrected chi connectivity index (χ4v) is 2.48. The Morgan fingerprint density at radius 3 is 2.76 bits per heavy atom. The summed E-state index contributed by atoms with van der Waals surface area (Å²) in [6.45, 7) is 3.98. The first kappa shape index (κ1) is 12.3. The number of hydrogen-bond donors (Lipinski definition) is 1. The van der Waals surface area contributed by atoms with Gasteiger partial charge in [-0.25, -0.2) is 4.98 Å². The molecule has 0 bridgehead atoms. The summed E-state index contributed by atoms with van der Waals surface area (Å²) in [5.41, 5.74) is 2.54. The van der Waals surface area contributed by atoms with Gasteiger partial charge in [0.2, 0.25) is 0 Å². The van der Waals surface area contributed by atoms with Gasteiger partial charge in [-0.05, 0) is 31.9 Å². The average Bonchev–Trinajstić information content (AvgIpc) is 2.76. The molecule has 1 aromatic carbocycles. The molecule has 0 saturated carbocycles. The van der Waals surface area contributed by atoms with Crippen molar-refractivity contribution in [3.8, 4) is 0 Å². The van der Waals surface area contributed by atoms with E-state index in [1.165, 1.54) is 17.0 Å². The predicted octanol–water partition coefficient (Wildman–Crippen LogP) is 3.17. The molecule has 3 heteroatoms. The van der Waals surface area contributed by atoms with Crippen molar-refractivity contribution >= 4 is 11.3 Å². The van der Waals surface area contributed by atoms with Crippen LogP contribution in [0.5, 0.6) is 0 Å². The van der Waals surface area contributed by atoms with Crippen molar-refractivity contribution in [2.75, 3.05) is 6.54 Å². The van der Waals surface area contributed by atoms with E-state index in [1.807, 2.05) is 6.92 Å². The average molecular weight is 246 g/mol. The Morgan fingerprint density at radius 2 is 2.06 bits per heavy atom. The summed E-state index contributed by atoms with van der Waals surface area (Å²) in [5.74, 6) is 0. The molecule has 17 heavy (non-hydrogen) atoms. The topological polar surface area (TPSA) is 24.9 Å². The third kappa shape index (κ3) is 4.29. The smallest absolute Gasteiger partial charge is 0.107 e. The second kappa shape index (κ2) is 6.52. The Morgan fingerprint density at radius 1 is 1.24 bits per heavy atom. The molecular weight excluding hydrogens is 228 g/mol. The lowest BCUT2D eigenvalue weighted by Crippen LogP contribution is -2.15. The zero-order chi connectivity index (χ0) is 11.9. The monoisotopic (exact) mass is 246 g/mol. The number of aromatic nitrogens is 1. The minimum Gasteiger partial charge on any atom is -0.310 e. The number of rotatable bonds is 6. The van der Waals surface area contributed by atoms with E-state index in [1.54, 1.807) is 11.3 Å². The Bertz CT molecular complexity index is 436. The molecule has 90 valence electrons. The largest absolute Gasteiger partial charge is 0.310 e. The fraction of sp³-hybridized carbons (Fsp3) is 0.357. The van der Waals surface area contributed by atoms with Crippen molar-refractivity contribution in [3.05, 3.63) is 52.0 Å². The maximum atomic E-state index is 4.42. The lowest BCUT2D eigenvalue weighted by molar-refractivity contribution is 0.647. The molecular formula is C14H18N2S. The summed E-state index contributed by atoms with van der Waals surface area (Å²) in [6.07, 6.45) is 2.32. The highest BCUT2D eigenvalue weighted by molar-refractivity contribution is 7.09. The summed E-state index contributed by atoms with van der Waals surface area (Å²) in [5, 5.41) is 6.71. The second-order valence-corrected chi connectivity index (χ2v) is 5.09. The third-order valence-electron chi connectivity index (χ3n) is 2.60. The van der Waals surface area contributed by atoms with Crippen molar-refractivity contribution in [3.63, 3.8) is 0 Å². The highest BCUT2D eigenvalue weighted by Crippen LogP contribution is 2.08. The van der Waals surface area contributed by atoms with Gasteiger partial charge >= 0.3 is 0 Å². The zero-order valence-corrected chi connectivity index (χ0v) is 11.0. The minimum absolute atomic E-state index is 0.896. The van der Waals surface area contributed by atoms with Crippen molar-refractivity contribution < 1.29 is 0 Å². The van der Waals surface area contributed by atoms with Crippen LogP contribution < -0.4 is 5.32 Å². The molecule has 0 aliphatic heterocycles. The van der Waals surface area contributed by atoms with Crippen molar-refractivity contribution in [2.45, 2.75) is 26.3 Å². The molecule has 0 fully saturated rings. The third-order valence-corrected chi connectivity index (χ3v) is 3.57. The van der Waals surface area contributed by atoms with E-state index in [9.17, 15) is 0 Å². The van der Waals surface area contributed by atoms with Crippen LogP contribution in [-0.2, 0) is 13.0 Å². The van der Waals surface area contributed by atoms with Crippen LogP contribution in [0, 0.1) is 6.92 Å². The van der Waals surface area contributed by atoms with Gasteiger partial charge in [0.05, 0.1) is 0 Å². The summed E-state index contributed by atoms with van der Waals surface area (Å²) >= 11 is 1.73. The standard InChI is InChI=1S/C14H18N2S/c1-12-11-17-14(16-12)10-15-9-5-8-13-6-3-2-4-7-13/h2-4,6-7,11,15H,5,8-10H2,1H3. The molecule has 0 unspecified atom stereocenters. The molecule has 0 spiro atoms. The molecule has 0 radical (unpaired) electrons. The van der Waals surface area contributed by atoms with Crippen LogP contribution in [0.15, 0.2) is 35.7 Å². The Kier molecular flexibility index (Phi) is 4.71. The number of nitrogens with zero attached hydrogens (tertiary/aromatic N) is 1. The van der Waals surface area contributed by atoms with E-state index < -0.39 is 0 Å². The molecule has 0 aliphatic rings. The number of nitrogens with one attached hydrogen (secondary N) is 1. The summed E-state index contributed by atoms with van der Waals surface area (Å²) in [6, 6.07) is 10.6. The van der Waals surface area contributed by atoms with Gasteiger partial charge in [0.25, 0.3) is 0 Å². The Hall–Kier alpha value is -1.19. The molecule has 1 aromatic heterocycles. The molecule has 1 N–H and O–H groups in total. The number of benzene rings is 1. The maximum absolute atomic E-state index is 4.42. The van der Waals surface area contributed by atoms with Crippen molar-refractivity contribution in [2.24, 2.45) is 0 Å². The quantitative estimate of drug-likeness (QED) is 0.792. The van der Waals surface area contributed by atoms with E-state index in [4.69, 9.17) is 0 Å². The first-order chi connectivity index (χ1) is 8.34. The summed E-state index contributed by atoms with van der Waals surface area (Å²) in [7, 11) is 0. The molecule has 1 heterocycles. The Labute approximate surface area is 107 Å². The lowest BCUT2D eigenvalue weighted by Gasteiger charge is -2.02. The van der Waals surface area contributed by atoms with Gasteiger partial charge < -0.3 is 5.32 Å². The minimum atomic E-state index is 0.896. The van der Waals surface area contributed by atoms with Gasteiger partial charge in [-0.1, -0.05) is 30.3 Å². The van der Waals surface area contributed by atoms with E-state index in [2.05, 4.69) is 46.0 Å². The van der Waals surface area contributed by atoms with Crippen LogP contribution in [0.4, 0.5) is 0 Å². The van der Waals surface area contributed by atoms with Gasteiger partial charge in [-0.2, -0.15) is 0 Å². The summed E-state index contributed by atoms with van der Waals surface area (Å²) in [4.78, 5) is 4.42. The van der Waals surface area contributed by atoms with Gasteiger partial charge in [-0.3, -0.25) is 0 Å². The number of hydrogen-bond acceptors (Lipinski definition) is 3. The highest BCUT2D eigenvalue weighted by Gasteiger charge is 1.97. The Balaban J connectivity index is 1.61. The number of thiazole rings is 1. The lowest BCUT2D eigenvalue weighted by atomic mass is 10.1. The SMILES string of the molecule is Cc1csc(CNCCCc2ccccc2)n1. The predicted molar refractivity (Wildman–Crippen MR) is 73.3 cm³/mol. The van der Waals surface area contributed by atoms with Gasteiger partial charge in [0, 0.05) is 17.6 Å². The van der Waals surface area contributed by atoms with Gasteiger partial charge in [0.1, 0.15) is 5.01 Å².